The third-order valence-electron chi connectivity index (χ3n) is 2.58. The highest BCUT2D eigenvalue weighted by Gasteiger charge is 2.11. The van der Waals surface area contributed by atoms with E-state index >= 15 is 0 Å². The Bertz CT molecular complexity index is 412. The first-order chi connectivity index (χ1) is 8.56. The molecule has 0 fully saturated rings. The topological polar surface area (TPSA) is 73.7 Å². The molecule has 0 aliphatic heterocycles. The second-order valence-corrected chi connectivity index (χ2v) is 4.45. The Kier molecular flexibility index (Phi) is 5.88. The Balaban J connectivity index is 2.62. The molecule has 0 unspecified atom stereocenters. The largest absolute Gasteiger partial charge is 0.478 e. The number of carboxylic acid groups (broad SMARTS) is 1. The number of aliphatic hydroxyl groups excluding tert-OH is 1. The van der Waals surface area contributed by atoms with Gasteiger partial charge in [-0.05, 0) is 25.3 Å². The van der Waals surface area contributed by atoms with Crippen molar-refractivity contribution in [3.8, 4) is 0 Å². The van der Waals surface area contributed by atoms with Crippen molar-refractivity contribution in [2.75, 3.05) is 25.1 Å². The van der Waals surface area contributed by atoms with Gasteiger partial charge in [-0.15, -0.1) is 0 Å². The van der Waals surface area contributed by atoms with Crippen LogP contribution in [0, 0.1) is 0 Å². The van der Waals surface area contributed by atoms with Crippen molar-refractivity contribution in [3.05, 3.63) is 22.8 Å². The zero-order valence-electron chi connectivity index (χ0n) is 10.3. The molecule has 1 rings (SSSR count). The molecule has 18 heavy (non-hydrogen) atoms. The van der Waals surface area contributed by atoms with Crippen LogP contribution >= 0.6 is 11.6 Å². The lowest BCUT2D eigenvalue weighted by Crippen LogP contribution is -2.20. The lowest BCUT2D eigenvalue weighted by Gasteiger charge is -2.19. The second-order valence-electron chi connectivity index (χ2n) is 4.04. The third kappa shape index (κ3) is 4.16. The monoisotopic (exact) mass is 272 g/mol. The van der Waals surface area contributed by atoms with Crippen molar-refractivity contribution in [2.24, 2.45) is 0 Å². The highest BCUT2D eigenvalue weighted by Crippen LogP contribution is 2.23. The van der Waals surface area contributed by atoms with Crippen LogP contribution in [0.4, 0.5) is 5.82 Å². The van der Waals surface area contributed by atoms with Crippen molar-refractivity contribution < 1.29 is 15.0 Å². The number of halogens is 1. The summed E-state index contributed by atoms with van der Waals surface area (Å²) in [5.41, 5.74) is 0.0810. The van der Waals surface area contributed by atoms with Crippen molar-refractivity contribution >= 4 is 23.4 Å². The normalized spacial score (nSPS) is 10.4. The van der Waals surface area contributed by atoms with Crippen LogP contribution in [0.15, 0.2) is 12.3 Å². The van der Waals surface area contributed by atoms with Gasteiger partial charge in [-0.25, -0.2) is 9.78 Å². The van der Waals surface area contributed by atoms with Crippen molar-refractivity contribution in [3.63, 3.8) is 0 Å². The third-order valence-corrected chi connectivity index (χ3v) is 2.86. The van der Waals surface area contributed by atoms with Gasteiger partial charge in [0.15, 0.2) is 0 Å². The van der Waals surface area contributed by atoms with Crippen LogP contribution in [0.5, 0.6) is 0 Å². The molecule has 100 valence electrons. The molecule has 0 amide bonds. The number of rotatable bonds is 7. The molecule has 0 saturated heterocycles. The van der Waals surface area contributed by atoms with Crippen LogP contribution in [-0.4, -0.2) is 41.4 Å². The summed E-state index contributed by atoms with van der Waals surface area (Å²) >= 11 is 6.00. The summed E-state index contributed by atoms with van der Waals surface area (Å²) in [6.07, 6.45) is 3.95. The standard InChI is InChI=1S/C12H17ClN2O3/c1-15(5-3-2-4-6-16)11-10(13)7-9(8-14-11)12(17)18/h7-8,16H,2-6H2,1H3,(H,17,18). The number of hydrogen-bond donors (Lipinski definition) is 2. The van der Waals surface area contributed by atoms with E-state index in [2.05, 4.69) is 4.98 Å². The molecule has 0 radical (unpaired) electrons. The molecule has 0 spiro atoms. The van der Waals surface area contributed by atoms with E-state index < -0.39 is 5.97 Å². The van der Waals surface area contributed by atoms with Crippen LogP contribution in [0.1, 0.15) is 29.6 Å². The van der Waals surface area contributed by atoms with E-state index in [-0.39, 0.29) is 12.2 Å². The van der Waals surface area contributed by atoms with Crippen LogP contribution in [-0.2, 0) is 0 Å². The van der Waals surface area contributed by atoms with Crippen LogP contribution < -0.4 is 4.90 Å². The molecule has 0 bridgehead atoms. The highest BCUT2D eigenvalue weighted by molar-refractivity contribution is 6.33. The van der Waals surface area contributed by atoms with Crippen molar-refractivity contribution in [1.29, 1.82) is 0 Å². The summed E-state index contributed by atoms with van der Waals surface area (Å²) in [4.78, 5) is 16.7. The van der Waals surface area contributed by atoms with E-state index in [0.717, 1.165) is 25.8 Å². The maximum atomic E-state index is 10.7. The smallest absolute Gasteiger partial charge is 0.337 e. The molecule has 0 aliphatic rings. The molecule has 2 N–H and O–H groups in total. The van der Waals surface area contributed by atoms with Gasteiger partial charge in [0.1, 0.15) is 5.82 Å². The van der Waals surface area contributed by atoms with Gasteiger partial charge in [-0.2, -0.15) is 0 Å². The zero-order chi connectivity index (χ0) is 13.5. The SMILES string of the molecule is CN(CCCCCO)c1ncc(C(=O)O)cc1Cl. The number of hydrogen-bond acceptors (Lipinski definition) is 4. The first kappa shape index (κ1) is 14.7. The fraction of sp³-hybridized carbons (Fsp3) is 0.500. The molecule has 1 heterocycles. The van der Waals surface area contributed by atoms with Gasteiger partial charge < -0.3 is 15.1 Å². The summed E-state index contributed by atoms with van der Waals surface area (Å²) in [6, 6.07) is 1.40. The van der Waals surface area contributed by atoms with Gasteiger partial charge in [0.25, 0.3) is 0 Å². The molecule has 0 aromatic carbocycles. The summed E-state index contributed by atoms with van der Waals surface area (Å²) in [5.74, 6) is -0.466. The van der Waals surface area contributed by atoms with E-state index in [1.807, 2.05) is 11.9 Å². The number of pyridine rings is 1. The number of aliphatic hydroxyl groups is 1. The van der Waals surface area contributed by atoms with E-state index in [9.17, 15) is 4.79 Å². The number of nitrogens with zero attached hydrogens (tertiary/aromatic N) is 2. The van der Waals surface area contributed by atoms with Crippen LogP contribution in [0.2, 0.25) is 5.02 Å². The lowest BCUT2D eigenvalue weighted by molar-refractivity contribution is 0.0696. The van der Waals surface area contributed by atoms with Gasteiger partial charge in [-0.1, -0.05) is 11.6 Å². The van der Waals surface area contributed by atoms with Crippen molar-refractivity contribution in [1.82, 2.24) is 4.98 Å². The zero-order valence-corrected chi connectivity index (χ0v) is 11.0. The minimum Gasteiger partial charge on any atom is -0.478 e. The molecule has 0 atom stereocenters. The fourth-order valence-corrected chi connectivity index (χ4v) is 1.88. The first-order valence-corrected chi connectivity index (χ1v) is 6.15. The molecular weight excluding hydrogens is 256 g/mol. The first-order valence-electron chi connectivity index (χ1n) is 5.77. The molecular formula is C12H17ClN2O3. The van der Waals surface area contributed by atoms with Crippen LogP contribution in [0.25, 0.3) is 0 Å². The summed E-state index contributed by atoms with van der Waals surface area (Å²) < 4.78 is 0. The number of anilines is 1. The summed E-state index contributed by atoms with van der Waals surface area (Å²) in [5, 5.41) is 17.8. The maximum absolute atomic E-state index is 10.7. The Morgan fingerprint density at radius 1 is 1.44 bits per heavy atom. The molecule has 0 saturated carbocycles. The number of aromatic nitrogens is 1. The quantitative estimate of drug-likeness (QED) is 0.743. The number of carbonyl (C=O) groups is 1. The van der Waals surface area contributed by atoms with Gasteiger partial charge in [-0.3, -0.25) is 0 Å². The minimum atomic E-state index is -1.04. The van der Waals surface area contributed by atoms with Crippen molar-refractivity contribution in [2.45, 2.75) is 19.3 Å². The Morgan fingerprint density at radius 2 is 2.17 bits per heavy atom. The Morgan fingerprint density at radius 3 is 2.72 bits per heavy atom. The van der Waals surface area contributed by atoms with Gasteiger partial charge in [0, 0.05) is 26.4 Å². The Hall–Kier alpha value is -1.33. The molecule has 1 aromatic rings. The number of carboxylic acids is 1. The van der Waals surface area contributed by atoms with E-state index in [1.54, 1.807) is 0 Å². The Labute approximate surface area is 111 Å². The summed E-state index contributed by atoms with van der Waals surface area (Å²) in [6.45, 7) is 0.967. The highest BCUT2D eigenvalue weighted by atomic mass is 35.5. The lowest BCUT2D eigenvalue weighted by atomic mass is 10.2. The molecule has 5 nitrogen and oxygen atoms in total. The number of aromatic carboxylic acids is 1. The fourth-order valence-electron chi connectivity index (χ4n) is 1.57. The average molecular weight is 273 g/mol. The van der Waals surface area contributed by atoms with Gasteiger partial charge >= 0.3 is 5.97 Å². The predicted octanol–water partition coefficient (Wildman–Crippen LogP) is 2.03. The number of unbranched alkanes of at least 4 members (excludes halogenated alkanes) is 2. The van der Waals surface area contributed by atoms with E-state index in [1.165, 1.54) is 12.3 Å². The molecule has 6 heteroatoms. The van der Waals surface area contributed by atoms with E-state index in [0.29, 0.717) is 10.8 Å². The summed E-state index contributed by atoms with van der Waals surface area (Å²) in [7, 11) is 1.85. The second kappa shape index (κ2) is 7.18. The van der Waals surface area contributed by atoms with Crippen LogP contribution in [0.3, 0.4) is 0 Å². The van der Waals surface area contributed by atoms with E-state index in [4.69, 9.17) is 21.8 Å². The minimum absolute atomic E-state index is 0.0810. The van der Waals surface area contributed by atoms with Gasteiger partial charge in [0.05, 0.1) is 10.6 Å². The average Bonchev–Trinajstić information content (AvgIpc) is 2.34. The van der Waals surface area contributed by atoms with Gasteiger partial charge in [0.2, 0.25) is 0 Å². The molecule has 0 aliphatic carbocycles. The predicted molar refractivity (Wildman–Crippen MR) is 70.4 cm³/mol. The molecule has 1 aromatic heterocycles. The maximum Gasteiger partial charge on any atom is 0.337 e.